The van der Waals surface area contributed by atoms with Gasteiger partial charge in [0.15, 0.2) is 0 Å². The highest BCUT2D eigenvalue weighted by Crippen LogP contribution is 2.21. The molecule has 17 heavy (non-hydrogen) atoms. The molecule has 0 fully saturated rings. The summed E-state index contributed by atoms with van der Waals surface area (Å²) in [6.07, 6.45) is 1.71. The van der Waals surface area contributed by atoms with Crippen LogP contribution in [0.2, 0.25) is 0 Å². The van der Waals surface area contributed by atoms with Gasteiger partial charge in [0.2, 0.25) is 0 Å². The lowest BCUT2D eigenvalue weighted by atomic mass is 10.3. The van der Waals surface area contributed by atoms with Crippen LogP contribution >= 0.6 is 11.8 Å². The molecular weight excluding hydrogens is 237 g/mol. The summed E-state index contributed by atoms with van der Waals surface area (Å²) in [6.45, 7) is 1.87. The van der Waals surface area contributed by atoms with E-state index >= 15 is 0 Å². The van der Waals surface area contributed by atoms with Crippen molar-refractivity contribution < 1.29 is 4.39 Å². The minimum Gasteiger partial charge on any atom is -0.383 e. The highest BCUT2D eigenvalue weighted by molar-refractivity contribution is 7.98. The molecule has 88 valence electrons. The normalized spacial score (nSPS) is 10.5. The fourth-order valence-electron chi connectivity index (χ4n) is 1.24. The molecule has 0 atom stereocenters. The van der Waals surface area contributed by atoms with Crippen LogP contribution in [0.1, 0.15) is 11.4 Å². The second kappa shape index (κ2) is 5.14. The van der Waals surface area contributed by atoms with Gasteiger partial charge >= 0.3 is 0 Å². The number of halogens is 1. The minimum absolute atomic E-state index is 0.231. The summed E-state index contributed by atoms with van der Waals surface area (Å²) in [7, 11) is 0. The van der Waals surface area contributed by atoms with Crippen LogP contribution in [0, 0.1) is 12.7 Å². The molecule has 0 amide bonds. The Morgan fingerprint density at radius 3 is 2.65 bits per heavy atom. The molecule has 2 rings (SSSR count). The third-order valence-corrected chi connectivity index (χ3v) is 3.25. The lowest BCUT2D eigenvalue weighted by molar-refractivity contribution is 0.626. The molecule has 0 saturated heterocycles. The van der Waals surface area contributed by atoms with Gasteiger partial charge in [-0.1, -0.05) is 0 Å². The Balaban J connectivity index is 2.02. The number of benzene rings is 1. The van der Waals surface area contributed by atoms with Crippen LogP contribution in [0.15, 0.2) is 35.4 Å². The number of nitrogens with two attached hydrogens (primary N) is 1. The van der Waals surface area contributed by atoms with E-state index in [1.165, 1.54) is 12.1 Å². The van der Waals surface area contributed by atoms with E-state index in [1.54, 1.807) is 30.1 Å². The van der Waals surface area contributed by atoms with E-state index in [0.717, 1.165) is 10.5 Å². The van der Waals surface area contributed by atoms with Crippen LogP contribution in [0.4, 0.5) is 10.2 Å². The Morgan fingerprint density at radius 1 is 1.29 bits per heavy atom. The Bertz CT molecular complexity index is 514. The Kier molecular flexibility index (Phi) is 3.58. The first kappa shape index (κ1) is 11.9. The number of thioether (sulfide) groups is 1. The summed E-state index contributed by atoms with van der Waals surface area (Å²) in [6, 6.07) is 6.34. The molecule has 0 bridgehead atoms. The van der Waals surface area contributed by atoms with Gasteiger partial charge in [0.25, 0.3) is 0 Å². The van der Waals surface area contributed by atoms with E-state index in [2.05, 4.69) is 9.97 Å². The van der Waals surface area contributed by atoms with Gasteiger partial charge in [0, 0.05) is 16.7 Å². The molecule has 0 saturated carbocycles. The molecule has 1 heterocycles. The SMILES string of the molecule is Cc1cnc(CSc2ccc(F)cc2)nc1N. The largest absolute Gasteiger partial charge is 0.383 e. The lowest BCUT2D eigenvalue weighted by Crippen LogP contribution is -2.00. The Hall–Kier alpha value is -1.62. The number of aromatic nitrogens is 2. The summed E-state index contributed by atoms with van der Waals surface area (Å²) < 4.78 is 12.7. The predicted octanol–water partition coefficient (Wildman–Crippen LogP) is 2.80. The number of hydrogen-bond acceptors (Lipinski definition) is 4. The molecule has 0 radical (unpaired) electrons. The highest BCUT2D eigenvalue weighted by atomic mass is 32.2. The number of aryl methyl sites for hydroxylation is 1. The minimum atomic E-state index is -0.231. The van der Waals surface area contributed by atoms with Crippen LogP contribution in [0.25, 0.3) is 0 Å². The molecular formula is C12H12FN3S. The molecule has 1 aromatic carbocycles. The average molecular weight is 249 g/mol. The van der Waals surface area contributed by atoms with Gasteiger partial charge in [0.05, 0.1) is 5.75 Å². The van der Waals surface area contributed by atoms with Gasteiger partial charge in [-0.3, -0.25) is 0 Å². The van der Waals surface area contributed by atoms with E-state index < -0.39 is 0 Å². The number of anilines is 1. The predicted molar refractivity (Wildman–Crippen MR) is 67.1 cm³/mol. The molecule has 0 aliphatic rings. The fraction of sp³-hybridized carbons (Fsp3) is 0.167. The number of rotatable bonds is 3. The highest BCUT2D eigenvalue weighted by Gasteiger charge is 2.02. The van der Waals surface area contributed by atoms with Gasteiger partial charge < -0.3 is 5.73 Å². The summed E-state index contributed by atoms with van der Waals surface area (Å²) in [5.74, 6) is 1.58. The van der Waals surface area contributed by atoms with Crippen LogP contribution < -0.4 is 5.73 Å². The number of nitrogens with zero attached hydrogens (tertiary/aromatic N) is 2. The van der Waals surface area contributed by atoms with Gasteiger partial charge in [-0.15, -0.1) is 11.8 Å². The van der Waals surface area contributed by atoms with Gasteiger partial charge in [0.1, 0.15) is 17.5 Å². The Labute approximate surface area is 103 Å². The summed E-state index contributed by atoms with van der Waals surface area (Å²) >= 11 is 1.55. The number of hydrogen-bond donors (Lipinski definition) is 1. The topological polar surface area (TPSA) is 51.8 Å². The summed E-state index contributed by atoms with van der Waals surface area (Å²) in [5, 5.41) is 0. The average Bonchev–Trinajstić information content (AvgIpc) is 2.33. The van der Waals surface area contributed by atoms with Crippen molar-refractivity contribution in [1.82, 2.24) is 9.97 Å². The second-order valence-corrected chi connectivity index (χ2v) is 4.65. The molecule has 5 heteroatoms. The van der Waals surface area contributed by atoms with E-state index in [1.807, 2.05) is 6.92 Å². The van der Waals surface area contributed by atoms with Crippen molar-refractivity contribution in [1.29, 1.82) is 0 Å². The number of nitrogen functional groups attached to an aromatic ring is 1. The molecule has 0 spiro atoms. The third-order valence-electron chi connectivity index (χ3n) is 2.24. The van der Waals surface area contributed by atoms with E-state index in [0.29, 0.717) is 17.4 Å². The van der Waals surface area contributed by atoms with Crippen LogP contribution in [-0.4, -0.2) is 9.97 Å². The zero-order valence-corrected chi connectivity index (χ0v) is 10.2. The lowest BCUT2D eigenvalue weighted by Gasteiger charge is -2.03. The first-order chi connectivity index (χ1) is 8.15. The molecule has 0 unspecified atom stereocenters. The van der Waals surface area contributed by atoms with Crippen molar-refractivity contribution in [2.75, 3.05) is 5.73 Å². The molecule has 0 aliphatic carbocycles. The van der Waals surface area contributed by atoms with Crippen molar-refractivity contribution >= 4 is 17.6 Å². The van der Waals surface area contributed by atoms with Crippen molar-refractivity contribution in [3.8, 4) is 0 Å². The van der Waals surface area contributed by atoms with Gasteiger partial charge in [-0.2, -0.15) is 0 Å². The fourth-order valence-corrected chi connectivity index (χ4v) is 2.01. The zero-order valence-electron chi connectivity index (χ0n) is 9.35. The first-order valence-corrected chi connectivity index (χ1v) is 6.10. The summed E-state index contributed by atoms with van der Waals surface area (Å²) in [5.41, 5.74) is 6.57. The summed E-state index contributed by atoms with van der Waals surface area (Å²) in [4.78, 5) is 9.34. The molecule has 2 aromatic rings. The van der Waals surface area contributed by atoms with Crippen molar-refractivity contribution in [2.24, 2.45) is 0 Å². The van der Waals surface area contributed by atoms with E-state index in [4.69, 9.17) is 5.73 Å². The van der Waals surface area contributed by atoms with Crippen LogP contribution in [-0.2, 0) is 5.75 Å². The van der Waals surface area contributed by atoms with Crippen LogP contribution in [0.5, 0.6) is 0 Å². The maximum atomic E-state index is 12.7. The maximum Gasteiger partial charge on any atom is 0.140 e. The van der Waals surface area contributed by atoms with Crippen LogP contribution in [0.3, 0.4) is 0 Å². The van der Waals surface area contributed by atoms with Gasteiger partial charge in [-0.25, -0.2) is 14.4 Å². The molecule has 1 aromatic heterocycles. The molecule has 2 N–H and O–H groups in total. The van der Waals surface area contributed by atoms with Crippen molar-refractivity contribution in [3.05, 3.63) is 47.7 Å². The quantitative estimate of drug-likeness (QED) is 0.850. The first-order valence-electron chi connectivity index (χ1n) is 5.11. The maximum absolute atomic E-state index is 12.7. The van der Waals surface area contributed by atoms with E-state index in [9.17, 15) is 4.39 Å². The third kappa shape index (κ3) is 3.17. The standard InChI is InChI=1S/C12H12FN3S/c1-8-6-15-11(16-12(8)14)7-17-10-4-2-9(13)3-5-10/h2-6H,7H2,1H3,(H2,14,15,16). The molecule has 3 nitrogen and oxygen atoms in total. The van der Waals surface area contributed by atoms with E-state index in [-0.39, 0.29) is 5.82 Å². The monoisotopic (exact) mass is 249 g/mol. The second-order valence-electron chi connectivity index (χ2n) is 3.60. The molecule has 0 aliphatic heterocycles. The van der Waals surface area contributed by atoms with Gasteiger partial charge in [-0.05, 0) is 31.2 Å². The zero-order chi connectivity index (χ0) is 12.3. The Morgan fingerprint density at radius 2 is 2.00 bits per heavy atom. The van der Waals surface area contributed by atoms with Crippen molar-refractivity contribution in [3.63, 3.8) is 0 Å². The van der Waals surface area contributed by atoms with Crippen molar-refractivity contribution in [2.45, 2.75) is 17.6 Å². The smallest absolute Gasteiger partial charge is 0.140 e.